The molecule has 0 radical (unpaired) electrons. The van der Waals surface area contributed by atoms with Gasteiger partial charge in [0.2, 0.25) is 0 Å². The van der Waals surface area contributed by atoms with Crippen molar-refractivity contribution >= 4 is 22.2 Å². The number of rotatable bonds is 0. The van der Waals surface area contributed by atoms with Gasteiger partial charge in [-0.1, -0.05) is 41.5 Å². The molecule has 0 bridgehead atoms. The molecule has 4 aromatic heterocycles. The van der Waals surface area contributed by atoms with E-state index in [4.69, 9.17) is 0 Å². The van der Waals surface area contributed by atoms with E-state index in [1.807, 2.05) is 24.8 Å². The Balaban J connectivity index is 0.000000161. The molecule has 0 amide bonds. The largest absolute Gasteiger partial charge is 0.250 e. The van der Waals surface area contributed by atoms with Crippen molar-refractivity contribution in [2.24, 2.45) is 14.1 Å². The highest BCUT2D eigenvalue weighted by Crippen LogP contribution is 2.27. The van der Waals surface area contributed by atoms with Crippen molar-refractivity contribution in [2.45, 2.75) is 52.4 Å². The molecule has 0 fully saturated rings. The van der Waals surface area contributed by atoms with Gasteiger partial charge in [0.05, 0.1) is 11.4 Å². The van der Waals surface area contributed by atoms with Gasteiger partial charge in [0, 0.05) is 48.9 Å². The molecule has 0 spiro atoms. The fraction of sp³-hybridized carbons (Fsp3) is 0.476. The van der Waals surface area contributed by atoms with E-state index in [1.165, 1.54) is 0 Å². The van der Waals surface area contributed by atoms with Crippen molar-refractivity contribution in [2.75, 3.05) is 0 Å². The summed E-state index contributed by atoms with van der Waals surface area (Å²) in [5.74, 6) is 0. The Labute approximate surface area is 165 Å². The van der Waals surface area contributed by atoms with Gasteiger partial charge >= 0.3 is 0 Å². The van der Waals surface area contributed by atoms with Crippen LogP contribution < -0.4 is 0 Å². The Bertz CT molecular complexity index is 1020. The van der Waals surface area contributed by atoms with Crippen molar-refractivity contribution < 1.29 is 0 Å². The molecule has 7 nitrogen and oxygen atoms in total. The maximum Gasteiger partial charge on any atom is 0.176 e. The summed E-state index contributed by atoms with van der Waals surface area (Å²) in [6.45, 7) is 12.9. The molecule has 0 aliphatic heterocycles. The number of hydrogen-bond acceptors (Lipinski definition) is 5. The van der Waals surface area contributed by atoms with E-state index in [0.29, 0.717) is 0 Å². The number of fused-ring (bicyclic) bond motifs is 2. The highest BCUT2D eigenvalue weighted by molar-refractivity contribution is 5.79. The van der Waals surface area contributed by atoms with E-state index in [9.17, 15) is 0 Å². The van der Waals surface area contributed by atoms with E-state index in [0.717, 1.165) is 33.6 Å². The van der Waals surface area contributed by atoms with Crippen LogP contribution in [0.25, 0.3) is 22.2 Å². The number of hydrogen-bond donors (Lipinski definition) is 0. The second kappa shape index (κ2) is 6.96. The molecular weight excluding hydrogens is 350 g/mol. The minimum Gasteiger partial charge on any atom is -0.250 e. The molecule has 7 heteroatoms. The van der Waals surface area contributed by atoms with Gasteiger partial charge in [-0.25, -0.2) is 19.6 Å². The molecule has 0 aliphatic rings. The minimum atomic E-state index is 0.00947. The second-order valence-corrected chi connectivity index (χ2v) is 9.05. The third-order valence-corrected chi connectivity index (χ3v) is 4.48. The lowest BCUT2D eigenvalue weighted by molar-refractivity contribution is 0.557. The normalized spacial score (nSPS) is 12.3. The molecular formula is C21H29N7. The number of nitrogens with zero attached hydrogens (tertiary/aromatic N) is 7. The summed E-state index contributed by atoms with van der Waals surface area (Å²) in [6, 6.07) is 4.04. The fourth-order valence-corrected chi connectivity index (χ4v) is 3.13. The van der Waals surface area contributed by atoms with E-state index in [-0.39, 0.29) is 10.8 Å². The lowest BCUT2D eigenvalue weighted by Crippen LogP contribution is -2.13. The molecule has 0 saturated heterocycles. The Kier molecular flexibility index (Phi) is 4.95. The Morgan fingerprint density at radius 3 is 1.86 bits per heavy atom. The fourth-order valence-electron chi connectivity index (χ4n) is 3.13. The summed E-state index contributed by atoms with van der Waals surface area (Å²) in [5.41, 5.74) is 4.90. The summed E-state index contributed by atoms with van der Waals surface area (Å²) >= 11 is 0. The van der Waals surface area contributed by atoms with Gasteiger partial charge in [0.25, 0.3) is 0 Å². The molecule has 4 aromatic rings. The number of aromatic nitrogens is 7. The molecule has 28 heavy (non-hydrogen) atoms. The Hall–Kier alpha value is -2.83. The number of pyridine rings is 1. The van der Waals surface area contributed by atoms with E-state index >= 15 is 0 Å². The van der Waals surface area contributed by atoms with Crippen LogP contribution in [0, 0.1) is 0 Å². The lowest BCUT2D eigenvalue weighted by Gasteiger charge is -2.15. The molecule has 0 atom stereocenters. The van der Waals surface area contributed by atoms with Crippen LogP contribution in [0.4, 0.5) is 0 Å². The monoisotopic (exact) mass is 379 g/mol. The van der Waals surface area contributed by atoms with Gasteiger partial charge in [-0.05, 0) is 12.1 Å². The van der Waals surface area contributed by atoms with E-state index < -0.39 is 0 Å². The topological polar surface area (TPSA) is 74.3 Å². The third-order valence-electron chi connectivity index (χ3n) is 4.48. The lowest BCUT2D eigenvalue weighted by atomic mass is 9.90. The quantitative estimate of drug-likeness (QED) is 0.463. The van der Waals surface area contributed by atoms with E-state index in [1.54, 1.807) is 23.3 Å². The predicted molar refractivity (Wildman–Crippen MR) is 112 cm³/mol. The molecule has 4 heterocycles. The van der Waals surface area contributed by atoms with Gasteiger partial charge in [-0.2, -0.15) is 10.2 Å². The zero-order valence-corrected chi connectivity index (χ0v) is 18.0. The highest BCUT2D eigenvalue weighted by Gasteiger charge is 2.23. The van der Waals surface area contributed by atoms with Gasteiger partial charge in [-0.3, -0.25) is 4.68 Å². The highest BCUT2D eigenvalue weighted by atomic mass is 15.3. The van der Waals surface area contributed by atoms with Crippen LogP contribution in [0.3, 0.4) is 0 Å². The van der Waals surface area contributed by atoms with Crippen molar-refractivity contribution in [1.82, 2.24) is 34.5 Å². The maximum atomic E-state index is 4.52. The summed E-state index contributed by atoms with van der Waals surface area (Å²) in [4.78, 5) is 12.9. The average Bonchev–Trinajstić information content (AvgIpc) is 3.14. The van der Waals surface area contributed by atoms with Gasteiger partial charge < -0.3 is 0 Å². The first-order valence-electron chi connectivity index (χ1n) is 9.42. The van der Waals surface area contributed by atoms with Crippen LogP contribution in [0.5, 0.6) is 0 Å². The van der Waals surface area contributed by atoms with Crippen LogP contribution in [0.15, 0.2) is 30.7 Å². The predicted octanol–water partition coefficient (Wildman–Crippen LogP) is 3.93. The molecule has 0 saturated carbocycles. The Morgan fingerprint density at radius 2 is 1.21 bits per heavy atom. The second-order valence-electron chi connectivity index (χ2n) is 9.05. The van der Waals surface area contributed by atoms with Gasteiger partial charge in [0.15, 0.2) is 11.3 Å². The van der Waals surface area contributed by atoms with Crippen LogP contribution in [-0.2, 0) is 24.9 Å². The molecule has 0 aromatic carbocycles. The summed E-state index contributed by atoms with van der Waals surface area (Å²) in [6.07, 6.45) is 5.20. The third kappa shape index (κ3) is 3.74. The first-order valence-corrected chi connectivity index (χ1v) is 9.42. The van der Waals surface area contributed by atoms with Crippen LogP contribution in [0.2, 0.25) is 0 Å². The van der Waals surface area contributed by atoms with Crippen molar-refractivity contribution in [3.63, 3.8) is 0 Å². The standard InChI is InChI=1S/C11H15N3.C10H14N4/c1-11(2,3)9-8-6-5-7-12-10(8)14(4)13-9;1-10(2,3)8-7-9(14(4)13-8)12-6-5-11-7/h5-7H,1-4H3;5-6H,1-4H3. The van der Waals surface area contributed by atoms with Crippen LogP contribution in [0.1, 0.15) is 52.9 Å². The van der Waals surface area contributed by atoms with Crippen molar-refractivity contribution in [1.29, 1.82) is 0 Å². The number of aryl methyl sites for hydroxylation is 2. The average molecular weight is 380 g/mol. The van der Waals surface area contributed by atoms with E-state index in [2.05, 4.69) is 72.8 Å². The summed E-state index contributed by atoms with van der Waals surface area (Å²) in [7, 11) is 3.83. The minimum absolute atomic E-state index is 0.00947. The SMILES string of the molecule is Cn1nc(C(C)(C)C)c2cccnc21.Cn1nc(C(C)(C)C)c2nccnc21. The molecule has 0 aliphatic carbocycles. The molecule has 0 N–H and O–H groups in total. The van der Waals surface area contributed by atoms with Gasteiger partial charge in [-0.15, -0.1) is 0 Å². The summed E-state index contributed by atoms with van der Waals surface area (Å²) in [5, 5.41) is 10.1. The smallest absolute Gasteiger partial charge is 0.176 e. The van der Waals surface area contributed by atoms with Crippen molar-refractivity contribution in [3.8, 4) is 0 Å². The molecule has 0 unspecified atom stereocenters. The van der Waals surface area contributed by atoms with Crippen molar-refractivity contribution in [3.05, 3.63) is 42.1 Å². The van der Waals surface area contributed by atoms with Crippen LogP contribution in [-0.4, -0.2) is 34.5 Å². The Morgan fingerprint density at radius 1 is 0.679 bits per heavy atom. The molecule has 4 rings (SSSR count). The van der Waals surface area contributed by atoms with Gasteiger partial charge in [0.1, 0.15) is 5.52 Å². The molecule has 148 valence electrons. The zero-order valence-electron chi connectivity index (χ0n) is 18.0. The first-order chi connectivity index (χ1) is 13.0. The summed E-state index contributed by atoms with van der Waals surface area (Å²) < 4.78 is 3.62. The zero-order chi connectivity index (χ0) is 20.7. The van der Waals surface area contributed by atoms with Crippen LogP contribution >= 0.6 is 0 Å². The first kappa shape index (κ1) is 19.9. The maximum absolute atomic E-state index is 4.52.